The molecule has 0 aliphatic carbocycles. The van der Waals surface area contributed by atoms with Crippen LogP contribution in [0.1, 0.15) is 26.3 Å². The van der Waals surface area contributed by atoms with E-state index in [1.807, 2.05) is 0 Å². The van der Waals surface area contributed by atoms with E-state index in [1.54, 1.807) is 0 Å². The maximum Gasteiger partial charge on any atom is 0.414 e. The van der Waals surface area contributed by atoms with E-state index in [-0.39, 0.29) is 10.5 Å². The first-order chi connectivity index (χ1) is 12.1. The van der Waals surface area contributed by atoms with E-state index in [2.05, 4.69) is 0 Å². The molecule has 6 N–H and O–H groups in total. The Morgan fingerprint density at radius 3 is 1.88 bits per heavy atom. The Morgan fingerprint density at radius 1 is 0.769 bits per heavy atom. The van der Waals surface area contributed by atoms with Crippen LogP contribution in [0.4, 0.5) is 4.79 Å². The fourth-order valence-electron chi connectivity index (χ4n) is 2.14. The van der Waals surface area contributed by atoms with Crippen LogP contribution >= 0.6 is 0 Å². The summed E-state index contributed by atoms with van der Waals surface area (Å²) >= 11 is 0. The van der Waals surface area contributed by atoms with Gasteiger partial charge in [-0.25, -0.2) is 14.5 Å². The third-order valence-corrected chi connectivity index (χ3v) is 3.43. The Labute approximate surface area is 145 Å². The SMILES string of the molecule is O=C(O)c1cc(O)c(C(=O)N(Cc2ccc(O)c(O)c2)C(=O)O)cc1O. The van der Waals surface area contributed by atoms with E-state index in [4.69, 9.17) is 5.11 Å². The number of rotatable bonds is 4. The van der Waals surface area contributed by atoms with Gasteiger partial charge in [0.2, 0.25) is 0 Å². The number of carboxylic acid groups (broad SMARTS) is 2. The number of amides is 2. The smallest absolute Gasteiger partial charge is 0.414 e. The third-order valence-electron chi connectivity index (χ3n) is 3.43. The second-order valence-electron chi connectivity index (χ2n) is 5.19. The standard InChI is InChI=1S/C16H13NO9/c18-10-2-1-7(3-13(10)21)6-17(16(25)26)14(22)8-4-12(20)9(15(23)24)5-11(8)19/h1-5,18-21H,6H2,(H,23,24)(H,25,26). The van der Waals surface area contributed by atoms with Crippen molar-refractivity contribution in [2.24, 2.45) is 0 Å². The summed E-state index contributed by atoms with van der Waals surface area (Å²) in [4.78, 5) is 35.0. The van der Waals surface area contributed by atoms with Crippen molar-refractivity contribution in [3.8, 4) is 23.0 Å². The Hall–Kier alpha value is -3.95. The Bertz CT molecular complexity index is 907. The molecule has 2 rings (SSSR count). The highest BCUT2D eigenvalue weighted by atomic mass is 16.4. The van der Waals surface area contributed by atoms with Crippen LogP contribution in [0.5, 0.6) is 23.0 Å². The van der Waals surface area contributed by atoms with E-state index in [0.29, 0.717) is 12.1 Å². The summed E-state index contributed by atoms with van der Waals surface area (Å²) in [6.07, 6.45) is -1.69. The maximum atomic E-state index is 12.4. The first kappa shape index (κ1) is 18.4. The second-order valence-corrected chi connectivity index (χ2v) is 5.19. The summed E-state index contributed by atoms with van der Waals surface area (Å²) in [5.41, 5.74) is -1.13. The molecule has 0 heterocycles. The first-order valence-corrected chi connectivity index (χ1v) is 6.96. The summed E-state index contributed by atoms with van der Waals surface area (Å²) in [5, 5.41) is 56.3. The lowest BCUT2D eigenvalue weighted by Crippen LogP contribution is -2.35. The third kappa shape index (κ3) is 3.59. The zero-order chi connectivity index (χ0) is 19.6. The van der Waals surface area contributed by atoms with Crippen molar-refractivity contribution in [2.75, 3.05) is 0 Å². The minimum Gasteiger partial charge on any atom is -0.507 e. The molecule has 0 fully saturated rings. The lowest BCUT2D eigenvalue weighted by atomic mass is 10.1. The molecule has 0 bridgehead atoms. The van der Waals surface area contributed by atoms with Crippen molar-refractivity contribution < 1.29 is 45.0 Å². The summed E-state index contributed by atoms with van der Waals surface area (Å²) in [7, 11) is 0. The number of hydrogen-bond acceptors (Lipinski definition) is 7. The Kier molecular flexibility index (Phi) is 4.87. The predicted molar refractivity (Wildman–Crippen MR) is 84.4 cm³/mol. The Balaban J connectivity index is 2.40. The molecule has 0 unspecified atom stereocenters. The van der Waals surface area contributed by atoms with Crippen molar-refractivity contribution >= 4 is 18.0 Å². The van der Waals surface area contributed by atoms with Crippen molar-refractivity contribution in [2.45, 2.75) is 6.54 Å². The quantitative estimate of drug-likeness (QED) is 0.347. The summed E-state index contributed by atoms with van der Waals surface area (Å²) < 4.78 is 0. The Morgan fingerprint density at radius 2 is 1.35 bits per heavy atom. The number of imide groups is 1. The van der Waals surface area contributed by atoms with Crippen LogP contribution in [0.25, 0.3) is 0 Å². The van der Waals surface area contributed by atoms with Gasteiger partial charge in [-0.1, -0.05) is 6.07 Å². The molecule has 136 valence electrons. The number of carbonyl (C=O) groups is 3. The largest absolute Gasteiger partial charge is 0.507 e. The molecule has 2 aromatic rings. The molecule has 0 aromatic heterocycles. The molecule has 0 spiro atoms. The van der Waals surface area contributed by atoms with Crippen molar-refractivity contribution in [3.05, 3.63) is 47.0 Å². The summed E-state index contributed by atoms with van der Waals surface area (Å²) in [6, 6.07) is 4.68. The van der Waals surface area contributed by atoms with Crippen LogP contribution in [0.15, 0.2) is 30.3 Å². The van der Waals surface area contributed by atoms with Crippen LogP contribution in [0, 0.1) is 0 Å². The minimum absolute atomic E-state index is 0.155. The van der Waals surface area contributed by atoms with Gasteiger partial charge < -0.3 is 30.6 Å². The fraction of sp³-hybridized carbons (Fsp3) is 0.0625. The van der Waals surface area contributed by atoms with Gasteiger partial charge in [-0.2, -0.15) is 0 Å². The second kappa shape index (κ2) is 6.89. The predicted octanol–water partition coefficient (Wildman–Crippen LogP) is 1.53. The summed E-state index contributed by atoms with van der Waals surface area (Å²) in [6.45, 7) is -0.539. The number of carboxylic acids is 1. The monoisotopic (exact) mass is 363 g/mol. The van der Waals surface area contributed by atoms with Gasteiger partial charge in [-0.15, -0.1) is 0 Å². The van der Waals surface area contributed by atoms with Gasteiger partial charge in [0.1, 0.15) is 17.1 Å². The van der Waals surface area contributed by atoms with Crippen LogP contribution in [0.3, 0.4) is 0 Å². The number of carbonyl (C=O) groups excluding carboxylic acids is 1. The van der Waals surface area contributed by atoms with Crippen molar-refractivity contribution in [1.29, 1.82) is 0 Å². The lowest BCUT2D eigenvalue weighted by molar-refractivity contribution is 0.0684. The van der Waals surface area contributed by atoms with Gasteiger partial charge in [-0.05, 0) is 29.8 Å². The molecular formula is C16H13NO9. The number of benzene rings is 2. The van der Waals surface area contributed by atoms with Crippen LogP contribution in [-0.2, 0) is 6.54 Å². The number of nitrogens with zero attached hydrogens (tertiary/aromatic N) is 1. The molecule has 10 heteroatoms. The van der Waals surface area contributed by atoms with Gasteiger partial charge >= 0.3 is 12.1 Å². The molecular weight excluding hydrogens is 350 g/mol. The fourth-order valence-corrected chi connectivity index (χ4v) is 2.14. The first-order valence-electron chi connectivity index (χ1n) is 6.96. The average molecular weight is 363 g/mol. The van der Waals surface area contributed by atoms with Crippen molar-refractivity contribution in [3.63, 3.8) is 0 Å². The summed E-state index contributed by atoms with van der Waals surface area (Å²) in [5.74, 6) is -5.39. The molecule has 0 aliphatic heterocycles. The molecule has 10 nitrogen and oxygen atoms in total. The molecule has 0 radical (unpaired) electrons. The van der Waals surface area contributed by atoms with E-state index in [9.17, 15) is 39.9 Å². The van der Waals surface area contributed by atoms with Gasteiger partial charge in [-0.3, -0.25) is 4.79 Å². The van der Waals surface area contributed by atoms with Crippen molar-refractivity contribution in [1.82, 2.24) is 4.90 Å². The lowest BCUT2D eigenvalue weighted by Gasteiger charge is -2.18. The highest BCUT2D eigenvalue weighted by Gasteiger charge is 2.27. The normalized spacial score (nSPS) is 10.3. The minimum atomic E-state index is -1.69. The average Bonchev–Trinajstić information content (AvgIpc) is 2.56. The van der Waals surface area contributed by atoms with Crippen LogP contribution < -0.4 is 0 Å². The molecule has 26 heavy (non-hydrogen) atoms. The highest BCUT2D eigenvalue weighted by molar-refractivity contribution is 6.05. The number of phenols is 4. The molecule has 0 saturated carbocycles. The van der Waals surface area contributed by atoms with E-state index in [0.717, 1.165) is 12.1 Å². The number of aromatic carboxylic acids is 1. The molecule has 0 saturated heterocycles. The van der Waals surface area contributed by atoms with Gasteiger partial charge in [0.05, 0.1) is 12.1 Å². The highest BCUT2D eigenvalue weighted by Crippen LogP contribution is 2.30. The van der Waals surface area contributed by atoms with E-state index < -0.39 is 58.6 Å². The van der Waals surface area contributed by atoms with Gasteiger partial charge in [0.25, 0.3) is 5.91 Å². The van der Waals surface area contributed by atoms with Crippen LogP contribution in [-0.4, -0.2) is 53.5 Å². The molecule has 2 aromatic carbocycles. The van der Waals surface area contributed by atoms with Gasteiger partial charge in [0.15, 0.2) is 11.5 Å². The van der Waals surface area contributed by atoms with Gasteiger partial charge in [0, 0.05) is 0 Å². The number of phenolic OH excluding ortho intramolecular Hbond substituents is 3. The molecule has 0 aliphatic rings. The number of hydrogen-bond donors (Lipinski definition) is 6. The molecule has 2 amide bonds. The zero-order valence-electron chi connectivity index (χ0n) is 12.9. The maximum absolute atomic E-state index is 12.4. The molecule has 0 atom stereocenters. The zero-order valence-corrected chi connectivity index (χ0v) is 12.9. The number of aromatic hydroxyl groups is 4. The van der Waals surface area contributed by atoms with E-state index >= 15 is 0 Å². The van der Waals surface area contributed by atoms with Crippen LogP contribution in [0.2, 0.25) is 0 Å². The topological polar surface area (TPSA) is 176 Å². The van der Waals surface area contributed by atoms with E-state index in [1.165, 1.54) is 6.07 Å².